The van der Waals surface area contributed by atoms with Crippen molar-refractivity contribution in [1.82, 2.24) is 5.32 Å². The molecule has 2 aromatic rings. The average Bonchev–Trinajstić information content (AvgIpc) is 3.29. The molecule has 181 valence electrons. The molecule has 2 heterocycles. The summed E-state index contributed by atoms with van der Waals surface area (Å²) in [5, 5.41) is 10.4. The Balaban J connectivity index is 0. The number of benzene rings is 2. The molecule has 34 heavy (non-hydrogen) atoms. The fraction of sp³-hybridized carbons (Fsp3) is 0.480. The van der Waals surface area contributed by atoms with Crippen LogP contribution in [-0.4, -0.2) is 37.4 Å². The molecule has 0 saturated carbocycles. The smallest absolute Gasteiger partial charge is 1.00 e. The minimum Gasteiger partial charge on any atom is -1.00 e. The van der Waals surface area contributed by atoms with Gasteiger partial charge in [0.1, 0.15) is 0 Å². The molecule has 2 aliphatic rings. The molecule has 0 amide bonds. The number of nitrogens with zero attached hydrogens (tertiary/aromatic N) is 1. The molecule has 1 atom stereocenters. The van der Waals surface area contributed by atoms with Crippen LogP contribution in [0.15, 0.2) is 41.4 Å². The van der Waals surface area contributed by atoms with E-state index in [0.717, 1.165) is 50.1 Å². The maximum atomic E-state index is 13.0. The number of aliphatic hydroxyl groups is 1. The van der Waals surface area contributed by atoms with Crippen LogP contribution >= 0.6 is 0 Å². The SMILES string of the molecule is CC1(C)CCC(c2ccc(F)c(F)c2)=N1.CC1(C)CCC(c2ccc(F)c(F)c2)N1.CO.[B].[H-].[Na+]. The minimum atomic E-state index is -0.809. The van der Waals surface area contributed by atoms with E-state index in [1.807, 2.05) is 13.8 Å². The van der Waals surface area contributed by atoms with Gasteiger partial charge in [-0.15, -0.1) is 0 Å². The van der Waals surface area contributed by atoms with Gasteiger partial charge in [0.25, 0.3) is 0 Å². The van der Waals surface area contributed by atoms with Crippen molar-refractivity contribution in [2.24, 2.45) is 4.99 Å². The fourth-order valence-corrected chi connectivity index (χ4v) is 3.89. The third-order valence-corrected chi connectivity index (χ3v) is 5.63. The largest absolute Gasteiger partial charge is 1.00 e. The Morgan fingerprint density at radius 2 is 1.44 bits per heavy atom. The molecule has 2 aromatic carbocycles. The van der Waals surface area contributed by atoms with Crippen LogP contribution < -0.4 is 34.9 Å². The van der Waals surface area contributed by atoms with E-state index in [0.29, 0.717) is 5.56 Å². The predicted molar refractivity (Wildman–Crippen MR) is 127 cm³/mol. The number of hydrogen-bond donors (Lipinski definition) is 2. The number of hydrogen-bond acceptors (Lipinski definition) is 3. The van der Waals surface area contributed by atoms with Crippen molar-refractivity contribution < 1.29 is 53.7 Å². The van der Waals surface area contributed by atoms with E-state index in [9.17, 15) is 17.6 Å². The van der Waals surface area contributed by atoms with E-state index >= 15 is 0 Å². The molecule has 0 bridgehead atoms. The van der Waals surface area contributed by atoms with E-state index in [1.54, 1.807) is 12.1 Å². The first kappa shape index (κ1) is 32.8. The number of nitrogens with one attached hydrogen (secondary N) is 1. The van der Waals surface area contributed by atoms with E-state index in [4.69, 9.17) is 5.11 Å². The van der Waals surface area contributed by atoms with Crippen LogP contribution in [-0.2, 0) is 0 Å². The second kappa shape index (κ2) is 13.8. The van der Waals surface area contributed by atoms with Crippen LogP contribution in [0.1, 0.15) is 72.0 Å². The Kier molecular flexibility index (Phi) is 13.3. The topological polar surface area (TPSA) is 44.6 Å². The number of halogens is 4. The summed E-state index contributed by atoms with van der Waals surface area (Å²) in [5.41, 5.74) is 2.42. The van der Waals surface area contributed by atoms with Crippen LogP contribution in [0, 0.1) is 23.3 Å². The van der Waals surface area contributed by atoms with Crippen LogP contribution in [0.2, 0.25) is 0 Å². The summed E-state index contributed by atoms with van der Waals surface area (Å²) in [7, 11) is 1.00. The van der Waals surface area contributed by atoms with Gasteiger partial charge in [-0.05, 0) is 88.8 Å². The van der Waals surface area contributed by atoms with Gasteiger partial charge in [-0.25, -0.2) is 17.6 Å². The zero-order valence-electron chi connectivity index (χ0n) is 21.9. The Bertz CT molecular complexity index is 976. The monoisotopic (exact) mass is 487 g/mol. The van der Waals surface area contributed by atoms with Crippen molar-refractivity contribution in [2.75, 3.05) is 7.11 Å². The standard InChI is InChI=1S/C12H15F2N.C12H13F2N.CH4O.B.Na.H/c2*1-12(2)6-5-11(15-12)8-3-4-9(13)10(14)7-8;1-2;;;/h3-4,7,11,15H,5-6H2,1-2H3;3-4,7H,5-6H2,1-2H3;2H,1H3;;;/q;;;;+1;-1. The summed E-state index contributed by atoms with van der Waals surface area (Å²) in [6, 6.07) is 8.23. The Morgan fingerprint density at radius 3 is 1.88 bits per heavy atom. The van der Waals surface area contributed by atoms with Gasteiger partial charge in [-0.3, -0.25) is 4.99 Å². The molecule has 2 aliphatic heterocycles. The molecule has 3 radical (unpaired) electrons. The normalized spacial score (nSPS) is 19.4. The van der Waals surface area contributed by atoms with E-state index in [-0.39, 0.29) is 56.5 Å². The van der Waals surface area contributed by atoms with Gasteiger partial charge in [0.15, 0.2) is 23.3 Å². The van der Waals surface area contributed by atoms with Gasteiger partial charge in [-0.1, -0.05) is 12.1 Å². The molecule has 9 heteroatoms. The first-order chi connectivity index (χ1) is 15.0. The zero-order valence-corrected chi connectivity index (χ0v) is 22.9. The van der Waals surface area contributed by atoms with Crippen molar-refractivity contribution in [3.05, 3.63) is 70.8 Å². The summed E-state index contributed by atoms with van der Waals surface area (Å²) in [6.45, 7) is 8.32. The van der Waals surface area contributed by atoms with E-state index < -0.39 is 23.3 Å². The maximum Gasteiger partial charge on any atom is 1.00 e. The summed E-state index contributed by atoms with van der Waals surface area (Å²) < 4.78 is 51.5. The van der Waals surface area contributed by atoms with E-state index in [2.05, 4.69) is 24.2 Å². The van der Waals surface area contributed by atoms with Crippen LogP contribution in [0.5, 0.6) is 0 Å². The van der Waals surface area contributed by atoms with Gasteiger partial charge in [0.2, 0.25) is 0 Å². The van der Waals surface area contributed by atoms with Crippen molar-refractivity contribution in [2.45, 2.75) is 70.5 Å². The van der Waals surface area contributed by atoms with Gasteiger partial charge in [0.05, 0.1) is 5.54 Å². The molecule has 1 unspecified atom stereocenters. The average molecular weight is 487 g/mol. The maximum absolute atomic E-state index is 13.0. The molecular weight excluding hydrogens is 454 g/mol. The van der Waals surface area contributed by atoms with Crippen molar-refractivity contribution in [1.29, 1.82) is 0 Å². The molecule has 4 rings (SSSR count). The second-order valence-electron chi connectivity index (χ2n) is 9.29. The first-order valence-corrected chi connectivity index (χ1v) is 10.7. The van der Waals surface area contributed by atoms with Gasteiger partial charge in [-0.2, -0.15) is 0 Å². The number of aliphatic imine (C=N–C) groups is 1. The summed E-state index contributed by atoms with van der Waals surface area (Å²) >= 11 is 0. The van der Waals surface area contributed by atoms with Crippen molar-refractivity contribution in [3.63, 3.8) is 0 Å². The molecule has 1 saturated heterocycles. The van der Waals surface area contributed by atoms with Gasteiger partial charge >= 0.3 is 29.6 Å². The molecule has 0 aliphatic carbocycles. The van der Waals surface area contributed by atoms with Crippen LogP contribution in [0.3, 0.4) is 0 Å². The summed E-state index contributed by atoms with van der Waals surface area (Å²) in [6.07, 6.45) is 3.81. The van der Waals surface area contributed by atoms with Gasteiger partial charge < -0.3 is 11.8 Å². The molecule has 0 aromatic heterocycles. The second-order valence-corrected chi connectivity index (χ2v) is 9.29. The third kappa shape index (κ3) is 9.12. The Morgan fingerprint density at radius 1 is 0.882 bits per heavy atom. The predicted octanol–water partition coefficient (Wildman–Crippen LogP) is 2.84. The Labute approximate surface area is 225 Å². The third-order valence-electron chi connectivity index (χ3n) is 5.63. The first-order valence-electron chi connectivity index (χ1n) is 10.7. The minimum absolute atomic E-state index is 0. The quantitative estimate of drug-likeness (QED) is 0.506. The number of rotatable bonds is 2. The Hall–Kier alpha value is -1.19. The van der Waals surface area contributed by atoms with E-state index in [1.165, 1.54) is 18.2 Å². The van der Waals surface area contributed by atoms with Crippen LogP contribution in [0.4, 0.5) is 17.6 Å². The molecule has 3 nitrogen and oxygen atoms in total. The molecule has 0 spiro atoms. The summed E-state index contributed by atoms with van der Waals surface area (Å²) in [5.74, 6) is -3.16. The molecule has 2 N–H and O–H groups in total. The summed E-state index contributed by atoms with van der Waals surface area (Å²) in [4.78, 5) is 4.49. The zero-order chi connectivity index (χ0) is 24.1. The number of aliphatic hydroxyl groups excluding tert-OH is 1. The van der Waals surface area contributed by atoms with Crippen molar-refractivity contribution in [3.8, 4) is 0 Å². The molecule has 1 fully saturated rings. The van der Waals surface area contributed by atoms with Crippen molar-refractivity contribution >= 4 is 14.1 Å². The molecular formula is C25H33BF4N2NaO. The van der Waals surface area contributed by atoms with Crippen LogP contribution in [0.25, 0.3) is 0 Å². The van der Waals surface area contributed by atoms with Gasteiger partial charge in [0, 0.05) is 32.8 Å². The fourth-order valence-electron chi connectivity index (χ4n) is 3.89.